The van der Waals surface area contributed by atoms with Crippen LogP contribution in [0.3, 0.4) is 0 Å². The number of anilines is 3. The van der Waals surface area contributed by atoms with Crippen LogP contribution in [0.4, 0.5) is 17.5 Å². The molecule has 2 saturated heterocycles. The predicted octanol–water partition coefficient (Wildman–Crippen LogP) is 1.89. The van der Waals surface area contributed by atoms with E-state index < -0.39 is 0 Å². The number of piperidine rings is 1. The molecule has 2 aromatic rings. The molecule has 0 unspecified atom stereocenters. The number of nitrogens with zero attached hydrogens (tertiary/aromatic N) is 7. The minimum absolute atomic E-state index is 0.924. The van der Waals surface area contributed by atoms with Gasteiger partial charge in [-0.05, 0) is 38.3 Å². The Morgan fingerprint density at radius 3 is 1.80 bits per heavy atom. The highest BCUT2D eigenvalue weighted by Crippen LogP contribution is 2.20. The second-order valence-corrected chi connectivity index (χ2v) is 6.79. The van der Waals surface area contributed by atoms with Gasteiger partial charge in [0.1, 0.15) is 5.82 Å². The molecular weight excluding hydrogens is 314 g/mol. The summed E-state index contributed by atoms with van der Waals surface area (Å²) >= 11 is 0. The van der Waals surface area contributed by atoms with Crippen molar-refractivity contribution >= 4 is 17.5 Å². The topological polar surface area (TPSA) is 61.3 Å². The molecule has 0 atom stereocenters. The molecule has 0 spiro atoms. The molecule has 0 aromatic carbocycles. The Bertz CT molecular complexity index is 689. The number of aromatic nitrogens is 4. The molecule has 25 heavy (non-hydrogen) atoms. The van der Waals surface area contributed by atoms with Gasteiger partial charge in [-0.15, -0.1) is 10.2 Å². The lowest BCUT2D eigenvalue weighted by molar-refractivity contribution is 0.570. The molecule has 0 N–H and O–H groups in total. The Labute approximate surface area is 148 Å². The van der Waals surface area contributed by atoms with Crippen molar-refractivity contribution in [3.05, 3.63) is 30.2 Å². The number of hydrogen-bond acceptors (Lipinski definition) is 7. The summed E-state index contributed by atoms with van der Waals surface area (Å²) in [4.78, 5) is 15.7. The van der Waals surface area contributed by atoms with Crippen molar-refractivity contribution < 1.29 is 0 Å². The lowest BCUT2D eigenvalue weighted by atomic mass is 10.1. The molecule has 2 aliphatic rings. The van der Waals surface area contributed by atoms with E-state index in [2.05, 4.69) is 47.0 Å². The van der Waals surface area contributed by atoms with E-state index in [0.717, 1.165) is 62.4 Å². The summed E-state index contributed by atoms with van der Waals surface area (Å²) in [5.41, 5.74) is 0.957. The number of aryl methyl sites for hydroxylation is 1. The lowest BCUT2D eigenvalue weighted by Gasteiger charge is -2.36. The Morgan fingerprint density at radius 1 is 0.680 bits per heavy atom. The maximum absolute atomic E-state index is 4.57. The van der Waals surface area contributed by atoms with Crippen LogP contribution in [0, 0.1) is 6.92 Å². The van der Waals surface area contributed by atoms with Crippen molar-refractivity contribution in [3.63, 3.8) is 0 Å². The first-order chi connectivity index (χ1) is 12.3. The van der Waals surface area contributed by atoms with Gasteiger partial charge in [-0.1, -0.05) is 0 Å². The molecule has 4 heterocycles. The number of hydrogen-bond donors (Lipinski definition) is 0. The van der Waals surface area contributed by atoms with E-state index in [1.54, 1.807) is 6.20 Å². The summed E-state index contributed by atoms with van der Waals surface area (Å²) in [6.45, 7) is 7.88. The fourth-order valence-corrected chi connectivity index (χ4v) is 3.55. The quantitative estimate of drug-likeness (QED) is 0.846. The molecule has 7 nitrogen and oxygen atoms in total. The Hall–Kier alpha value is -2.44. The summed E-state index contributed by atoms with van der Waals surface area (Å²) in [5.74, 6) is 2.94. The van der Waals surface area contributed by atoms with Crippen LogP contribution in [-0.2, 0) is 0 Å². The second kappa shape index (κ2) is 7.21. The van der Waals surface area contributed by atoms with E-state index in [9.17, 15) is 0 Å². The van der Waals surface area contributed by atoms with E-state index in [-0.39, 0.29) is 0 Å². The zero-order valence-electron chi connectivity index (χ0n) is 14.8. The first kappa shape index (κ1) is 16.1. The lowest BCUT2D eigenvalue weighted by Crippen LogP contribution is -2.47. The van der Waals surface area contributed by atoms with Crippen LogP contribution in [0.2, 0.25) is 0 Å². The first-order valence-corrected chi connectivity index (χ1v) is 9.17. The smallest absolute Gasteiger partial charge is 0.151 e. The maximum Gasteiger partial charge on any atom is 0.151 e. The third-order valence-corrected chi connectivity index (χ3v) is 4.99. The molecule has 2 aliphatic heterocycles. The molecule has 0 saturated carbocycles. The van der Waals surface area contributed by atoms with E-state index in [0.29, 0.717) is 0 Å². The molecule has 0 amide bonds. The zero-order chi connectivity index (χ0) is 17.1. The van der Waals surface area contributed by atoms with Gasteiger partial charge in [-0.3, -0.25) is 4.98 Å². The van der Waals surface area contributed by atoms with Crippen LogP contribution in [0.1, 0.15) is 25.0 Å². The molecule has 0 radical (unpaired) electrons. The second-order valence-electron chi connectivity index (χ2n) is 6.79. The minimum Gasteiger partial charge on any atom is -0.355 e. The number of piperazine rings is 1. The highest BCUT2D eigenvalue weighted by molar-refractivity contribution is 5.47. The minimum atomic E-state index is 0.924. The molecule has 2 fully saturated rings. The van der Waals surface area contributed by atoms with E-state index in [4.69, 9.17) is 0 Å². The van der Waals surface area contributed by atoms with Crippen LogP contribution < -0.4 is 14.7 Å². The maximum atomic E-state index is 4.57. The van der Waals surface area contributed by atoms with Gasteiger partial charge in [0.15, 0.2) is 11.6 Å². The van der Waals surface area contributed by atoms with Gasteiger partial charge in [-0.25, -0.2) is 4.98 Å². The van der Waals surface area contributed by atoms with Crippen LogP contribution in [-0.4, -0.2) is 59.4 Å². The summed E-state index contributed by atoms with van der Waals surface area (Å²) in [6.07, 6.45) is 7.48. The van der Waals surface area contributed by atoms with Crippen LogP contribution in [0.5, 0.6) is 0 Å². The van der Waals surface area contributed by atoms with Gasteiger partial charge in [0.25, 0.3) is 0 Å². The van der Waals surface area contributed by atoms with E-state index in [1.165, 1.54) is 19.3 Å². The van der Waals surface area contributed by atoms with Gasteiger partial charge in [-0.2, -0.15) is 0 Å². The van der Waals surface area contributed by atoms with E-state index >= 15 is 0 Å². The van der Waals surface area contributed by atoms with Crippen LogP contribution in [0.25, 0.3) is 0 Å². The monoisotopic (exact) mass is 339 g/mol. The van der Waals surface area contributed by atoms with E-state index in [1.807, 2.05) is 13.1 Å². The fraction of sp³-hybridized carbons (Fsp3) is 0.556. The molecule has 7 heteroatoms. The van der Waals surface area contributed by atoms with Crippen molar-refractivity contribution in [1.82, 2.24) is 20.2 Å². The predicted molar refractivity (Wildman–Crippen MR) is 99.3 cm³/mol. The van der Waals surface area contributed by atoms with Crippen molar-refractivity contribution in [2.24, 2.45) is 0 Å². The molecule has 0 bridgehead atoms. The third-order valence-electron chi connectivity index (χ3n) is 4.99. The summed E-state index contributed by atoms with van der Waals surface area (Å²) < 4.78 is 0. The van der Waals surface area contributed by atoms with Gasteiger partial charge in [0.2, 0.25) is 0 Å². The van der Waals surface area contributed by atoms with Crippen LogP contribution in [0.15, 0.2) is 24.5 Å². The SMILES string of the molecule is Cc1cncc(N2CCN(c3ccc(N4CCCCC4)nn3)CC2)n1. The summed E-state index contributed by atoms with van der Waals surface area (Å²) in [7, 11) is 0. The molecule has 132 valence electrons. The third kappa shape index (κ3) is 3.65. The standard InChI is InChI=1S/C18H25N7/c1-15-13-19-14-18(20-15)25-11-9-24(10-12-25)17-6-5-16(21-22-17)23-7-3-2-4-8-23/h5-6,13-14H,2-4,7-12H2,1H3. The summed E-state index contributed by atoms with van der Waals surface area (Å²) in [5, 5.41) is 8.94. The normalized spacial score (nSPS) is 18.5. The van der Waals surface area contributed by atoms with Crippen LogP contribution >= 0.6 is 0 Å². The highest BCUT2D eigenvalue weighted by atomic mass is 15.3. The van der Waals surface area contributed by atoms with Gasteiger partial charge in [0, 0.05) is 45.5 Å². The van der Waals surface area contributed by atoms with Gasteiger partial charge < -0.3 is 14.7 Å². The Balaban J connectivity index is 1.37. The Kier molecular flexibility index (Phi) is 4.63. The van der Waals surface area contributed by atoms with Gasteiger partial charge >= 0.3 is 0 Å². The average Bonchev–Trinajstić information content (AvgIpc) is 2.69. The molecule has 2 aromatic heterocycles. The fourth-order valence-electron chi connectivity index (χ4n) is 3.55. The van der Waals surface area contributed by atoms with Crippen molar-refractivity contribution in [3.8, 4) is 0 Å². The largest absolute Gasteiger partial charge is 0.355 e. The van der Waals surface area contributed by atoms with Gasteiger partial charge in [0.05, 0.1) is 11.9 Å². The molecule has 4 rings (SSSR count). The summed E-state index contributed by atoms with van der Waals surface area (Å²) in [6, 6.07) is 4.23. The highest BCUT2D eigenvalue weighted by Gasteiger charge is 2.20. The number of rotatable bonds is 3. The average molecular weight is 339 g/mol. The first-order valence-electron chi connectivity index (χ1n) is 9.17. The molecular formula is C18H25N7. The van der Waals surface area contributed by atoms with Crippen molar-refractivity contribution in [2.45, 2.75) is 26.2 Å². The van der Waals surface area contributed by atoms with Crippen molar-refractivity contribution in [1.29, 1.82) is 0 Å². The Morgan fingerprint density at radius 2 is 1.24 bits per heavy atom. The zero-order valence-corrected chi connectivity index (χ0v) is 14.8. The van der Waals surface area contributed by atoms with Crippen molar-refractivity contribution in [2.75, 3.05) is 54.0 Å². The molecule has 0 aliphatic carbocycles.